The van der Waals surface area contributed by atoms with Crippen molar-refractivity contribution in [1.29, 1.82) is 5.26 Å². The summed E-state index contributed by atoms with van der Waals surface area (Å²) in [6, 6.07) is 10.7. The third kappa shape index (κ3) is 4.23. The molecule has 1 fully saturated rings. The number of pyridine rings is 1. The van der Waals surface area contributed by atoms with E-state index in [4.69, 9.17) is 4.98 Å². The van der Waals surface area contributed by atoms with E-state index in [0.717, 1.165) is 52.3 Å². The zero-order chi connectivity index (χ0) is 22.8. The second kappa shape index (κ2) is 9.09. The smallest absolute Gasteiger partial charge is 0.157 e. The van der Waals surface area contributed by atoms with E-state index in [9.17, 15) is 5.26 Å². The van der Waals surface area contributed by atoms with Crippen molar-refractivity contribution in [2.75, 3.05) is 37.4 Å². The minimum atomic E-state index is -0.0232. The second-order valence-corrected chi connectivity index (χ2v) is 8.88. The number of nitrogens with zero attached hydrogens (tertiary/aromatic N) is 6. The first-order valence-corrected chi connectivity index (χ1v) is 11.2. The van der Waals surface area contributed by atoms with Crippen LogP contribution in [0.5, 0.6) is 0 Å². The lowest BCUT2D eigenvalue weighted by Gasteiger charge is -2.27. The summed E-state index contributed by atoms with van der Waals surface area (Å²) in [5.41, 5.74) is 3.62. The molecule has 1 aliphatic heterocycles. The Morgan fingerprint density at radius 1 is 1.28 bits per heavy atom. The quantitative estimate of drug-likeness (QED) is 0.628. The SMILES string of the molecule is Cc1c(C#N)cccc1[C@@H](C)Nc1nnc(C)c2cnc(N(C)C[C@H]3CCCN3C)cc12. The molecule has 1 N–H and O–H groups in total. The molecule has 0 spiro atoms. The standard InChI is InChI=1S/C25H31N7/c1-16-19(13-26)8-6-10-21(16)17(2)28-25-22-12-24(27-14-23(22)18(3)29-30-25)32(5)15-20-9-7-11-31(20)4/h6,8,10,12,14,17,20H,7,9,11,15H2,1-5H3,(H,28,30)/t17-,20-/m1/s1. The number of nitrogens with one attached hydrogen (secondary N) is 1. The van der Waals surface area contributed by atoms with Crippen molar-refractivity contribution in [1.82, 2.24) is 20.1 Å². The number of nitriles is 1. The fourth-order valence-electron chi connectivity index (χ4n) is 4.62. The van der Waals surface area contributed by atoms with Crippen molar-refractivity contribution in [3.05, 3.63) is 52.8 Å². The molecule has 0 saturated carbocycles. The van der Waals surface area contributed by atoms with Crippen molar-refractivity contribution in [3.63, 3.8) is 0 Å². The Morgan fingerprint density at radius 3 is 2.81 bits per heavy atom. The highest BCUT2D eigenvalue weighted by atomic mass is 15.2. The molecule has 7 heteroatoms. The van der Waals surface area contributed by atoms with Crippen molar-refractivity contribution < 1.29 is 0 Å². The molecule has 2 aromatic heterocycles. The average Bonchev–Trinajstić information content (AvgIpc) is 3.19. The lowest BCUT2D eigenvalue weighted by molar-refractivity contribution is 0.314. The molecule has 1 saturated heterocycles. The maximum Gasteiger partial charge on any atom is 0.157 e. The molecule has 3 aromatic rings. The Balaban J connectivity index is 1.65. The molecule has 1 aromatic carbocycles. The van der Waals surface area contributed by atoms with E-state index >= 15 is 0 Å². The Kier molecular flexibility index (Phi) is 6.24. The number of hydrogen-bond acceptors (Lipinski definition) is 7. The zero-order valence-electron chi connectivity index (χ0n) is 19.6. The van der Waals surface area contributed by atoms with Gasteiger partial charge in [0.15, 0.2) is 5.82 Å². The van der Waals surface area contributed by atoms with Crippen molar-refractivity contribution in [2.45, 2.75) is 45.7 Å². The molecule has 1 aliphatic rings. The van der Waals surface area contributed by atoms with E-state index in [1.165, 1.54) is 12.8 Å². The Morgan fingerprint density at radius 2 is 2.09 bits per heavy atom. The summed E-state index contributed by atoms with van der Waals surface area (Å²) in [6.45, 7) is 8.15. The molecule has 32 heavy (non-hydrogen) atoms. The minimum absolute atomic E-state index is 0.0232. The lowest BCUT2D eigenvalue weighted by atomic mass is 9.98. The van der Waals surface area contributed by atoms with E-state index < -0.39 is 0 Å². The van der Waals surface area contributed by atoms with Gasteiger partial charge in [0.25, 0.3) is 0 Å². The van der Waals surface area contributed by atoms with Crippen LogP contribution in [0, 0.1) is 25.2 Å². The van der Waals surface area contributed by atoms with Gasteiger partial charge < -0.3 is 15.1 Å². The molecular formula is C25H31N7. The first kappa shape index (κ1) is 22.0. The maximum atomic E-state index is 9.38. The number of aromatic nitrogens is 3. The average molecular weight is 430 g/mol. The third-order valence-electron chi connectivity index (χ3n) is 6.70. The summed E-state index contributed by atoms with van der Waals surface area (Å²) < 4.78 is 0. The van der Waals surface area contributed by atoms with Crippen LogP contribution in [0.3, 0.4) is 0 Å². The summed E-state index contributed by atoms with van der Waals surface area (Å²) in [5.74, 6) is 1.67. The highest BCUT2D eigenvalue weighted by molar-refractivity contribution is 5.94. The molecule has 0 aliphatic carbocycles. The van der Waals surface area contributed by atoms with Gasteiger partial charge in [-0.1, -0.05) is 12.1 Å². The van der Waals surface area contributed by atoms with Crippen LogP contribution in [0.4, 0.5) is 11.6 Å². The van der Waals surface area contributed by atoms with Gasteiger partial charge in [0, 0.05) is 36.6 Å². The highest BCUT2D eigenvalue weighted by Gasteiger charge is 2.23. The summed E-state index contributed by atoms with van der Waals surface area (Å²) in [7, 11) is 4.30. The molecule has 3 heterocycles. The topological polar surface area (TPSA) is 81.0 Å². The van der Waals surface area contributed by atoms with Gasteiger partial charge in [0.05, 0.1) is 23.4 Å². The van der Waals surface area contributed by atoms with E-state index in [1.54, 1.807) is 0 Å². The normalized spacial score (nSPS) is 17.3. The van der Waals surface area contributed by atoms with Crippen molar-refractivity contribution in [2.24, 2.45) is 0 Å². The molecule has 4 rings (SSSR count). The monoisotopic (exact) mass is 429 g/mol. The van der Waals surface area contributed by atoms with E-state index in [1.807, 2.05) is 32.2 Å². The van der Waals surface area contributed by atoms with Crippen molar-refractivity contribution >= 4 is 22.4 Å². The van der Waals surface area contributed by atoms with Crippen LogP contribution in [-0.4, -0.2) is 53.3 Å². The molecule has 0 radical (unpaired) electrons. The highest BCUT2D eigenvalue weighted by Crippen LogP contribution is 2.30. The van der Waals surface area contributed by atoms with Gasteiger partial charge in [-0.25, -0.2) is 4.98 Å². The van der Waals surface area contributed by atoms with E-state index in [2.05, 4.69) is 64.5 Å². The lowest BCUT2D eigenvalue weighted by Crippen LogP contribution is -2.36. The van der Waals surface area contributed by atoms with Crippen LogP contribution in [0.15, 0.2) is 30.5 Å². The van der Waals surface area contributed by atoms with Gasteiger partial charge in [0.2, 0.25) is 0 Å². The third-order valence-corrected chi connectivity index (χ3v) is 6.70. The molecular weight excluding hydrogens is 398 g/mol. The Bertz CT molecular complexity index is 1170. The van der Waals surface area contributed by atoms with Gasteiger partial charge in [-0.3, -0.25) is 0 Å². The number of anilines is 2. The maximum absolute atomic E-state index is 9.38. The fourth-order valence-corrected chi connectivity index (χ4v) is 4.62. The second-order valence-electron chi connectivity index (χ2n) is 8.88. The predicted molar refractivity (Wildman–Crippen MR) is 129 cm³/mol. The fraction of sp³-hybridized carbons (Fsp3) is 0.440. The first-order chi connectivity index (χ1) is 15.4. The summed E-state index contributed by atoms with van der Waals surface area (Å²) in [4.78, 5) is 9.39. The molecule has 0 amide bonds. The number of benzene rings is 1. The van der Waals surface area contributed by atoms with Gasteiger partial charge >= 0.3 is 0 Å². The van der Waals surface area contributed by atoms with Crippen LogP contribution in [0.25, 0.3) is 10.8 Å². The van der Waals surface area contributed by atoms with Crippen LogP contribution in [0.1, 0.15) is 48.2 Å². The van der Waals surface area contributed by atoms with Gasteiger partial charge in [-0.2, -0.15) is 10.4 Å². The van der Waals surface area contributed by atoms with E-state index in [0.29, 0.717) is 11.6 Å². The minimum Gasteiger partial charge on any atom is -0.362 e. The Labute approximate surface area is 190 Å². The predicted octanol–water partition coefficient (Wildman–Crippen LogP) is 4.22. The molecule has 7 nitrogen and oxygen atoms in total. The van der Waals surface area contributed by atoms with Gasteiger partial charge in [-0.05, 0) is 70.5 Å². The van der Waals surface area contributed by atoms with Crippen LogP contribution in [0.2, 0.25) is 0 Å². The molecule has 0 bridgehead atoms. The number of fused-ring (bicyclic) bond motifs is 1. The summed E-state index contributed by atoms with van der Waals surface area (Å²) >= 11 is 0. The van der Waals surface area contributed by atoms with Gasteiger partial charge in [-0.15, -0.1) is 5.10 Å². The molecule has 0 unspecified atom stereocenters. The van der Waals surface area contributed by atoms with Crippen LogP contribution >= 0.6 is 0 Å². The van der Waals surface area contributed by atoms with Crippen LogP contribution < -0.4 is 10.2 Å². The molecule has 2 atom stereocenters. The number of likely N-dealkylation sites (N-methyl/N-ethyl adjacent to an activating group) is 2. The number of rotatable bonds is 6. The zero-order valence-corrected chi connectivity index (χ0v) is 19.6. The van der Waals surface area contributed by atoms with Crippen molar-refractivity contribution in [3.8, 4) is 6.07 Å². The summed E-state index contributed by atoms with van der Waals surface area (Å²) in [6.07, 6.45) is 4.39. The van der Waals surface area contributed by atoms with Gasteiger partial charge in [0.1, 0.15) is 5.82 Å². The number of aryl methyl sites for hydroxylation is 1. The largest absolute Gasteiger partial charge is 0.362 e. The summed E-state index contributed by atoms with van der Waals surface area (Å²) in [5, 5.41) is 23.7. The first-order valence-electron chi connectivity index (χ1n) is 11.2. The Hall–Kier alpha value is -3.24. The number of hydrogen-bond donors (Lipinski definition) is 1. The molecule has 166 valence electrons. The van der Waals surface area contributed by atoms with E-state index in [-0.39, 0.29) is 6.04 Å². The van der Waals surface area contributed by atoms with Crippen LogP contribution in [-0.2, 0) is 0 Å². The number of likely N-dealkylation sites (tertiary alicyclic amines) is 1.